The number of methoxy groups -OCH3 is 1. The molecule has 1 aliphatic rings. The van der Waals surface area contributed by atoms with Gasteiger partial charge in [0.1, 0.15) is 0 Å². The Kier molecular flexibility index (Phi) is 5.62. The van der Waals surface area contributed by atoms with Gasteiger partial charge in [-0.1, -0.05) is 27.2 Å². The summed E-state index contributed by atoms with van der Waals surface area (Å²) in [6.07, 6.45) is 5.26. The first-order chi connectivity index (χ1) is 7.19. The zero-order valence-electron chi connectivity index (χ0n) is 10.8. The minimum absolute atomic E-state index is 0.636. The van der Waals surface area contributed by atoms with E-state index < -0.39 is 0 Å². The third-order valence-electron chi connectivity index (χ3n) is 3.45. The summed E-state index contributed by atoms with van der Waals surface area (Å²) in [7, 11) is 1.79. The van der Waals surface area contributed by atoms with Crippen LogP contribution in [0.5, 0.6) is 0 Å². The third kappa shape index (κ3) is 4.52. The molecule has 1 aliphatic carbocycles. The highest BCUT2D eigenvalue weighted by Gasteiger charge is 2.37. The molecule has 0 saturated heterocycles. The molecule has 90 valence electrons. The molecule has 2 nitrogen and oxygen atoms in total. The fourth-order valence-electron chi connectivity index (χ4n) is 2.27. The quantitative estimate of drug-likeness (QED) is 0.669. The Balaban J connectivity index is 2.21. The second-order valence-corrected chi connectivity index (χ2v) is 5.19. The lowest BCUT2D eigenvalue weighted by Gasteiger charge is -2.22. The van der Waals surface area contributed by atoms with E-state index in [4.69, 9.17) is 4.74 Å². The minimum Gasteiger partial charge on any atom is -0.385 e. The van der Waals surface area contributed by atoms with Crippen molar-refractivity contribution in [2.45, 2.75) is 58.5 Å². The molecule has 0 aromatic rings. The molecule has 0 bridgehead atoms. The number of rotatable bonds is 8. The van der Waals surface area contributed by atoms with Crippen LogP contribution >= 0.6 is 0 Å². The molecule has 0 radical (unpaired) electrons. The lowest BCUT2D eigenvalue weighted by molar-refractivity contribution is 0.173. The standard InChI is InChI=1S/C13H27NO/c1-5-6-11-9-13(11)14-12(10(2)3)7-8-15-4/h10-14H,5-9H2,1-4H3. The van der Waals surface area contributed by atoms with Crippen molar-refractivity contribution in [1.29, 1.82) is 0 Å². The van der Waals surface area contributed by atoms with Crippen LogP contribution in [0.15, 0.2) is 0 Å². The van der Waals surface area contributed by atoms with Gasteiger partial charge in [0.2, 0.25) is 0 Å². The molecule has 0 spiro atoms. The van der Waals surface area contributed by atoms with Gasteiger partial charge in [-0.25, -0.2) is 0 Å². The van der Waals surface area contributed by atoms with Gasteiger partial charge in [0, 0.05) is 25.8 Å². The second-order valence-electron chi connectivity index (χ2n) is 5.19. The Morgan fingerprint density at radius 3 is 2.67 bits per heavy atom. The van der Waals surface area contributed by atoms with Crippen molar-refractivity contribution in [3.05, 3.63) is 0 Å². The normalized spacial score (nSPS) is 27.0. The molecule has 0 heterocycles. The maximum Gasteiger partial charge on any atom is 0.0477 e. The van der Waals surface area contributed by atoms with E-state index in [0.29, 0.717) is 12.0 Å². The molecule has 3 atom stereocenters. The lowest BCUT2D eigenvalue weighted by atomic mass is 10.0. The van der Waals surface area contributed by atoms with E-state index in [1.165, 1.54) is 19.3 Å². The van der Waals surface area contributed by atoms with Crippen LogP contribution in [0.2, 0.25) is 0 Å². The van der Waals surface area contributed by atoms with E-state index in [-0.39, 0.29) is 0 Å². The van der Waals surface area contributed by atoms with Gasteiger partial charge in [0.25, 0.3) is 0 Å². The van der Waals surface area contributed by atoms with Gasteiger partial charge >= 0.3 is 0 Å². The van der Waals surface area contributed by atoms with E-state index in [1.807, 2.05) is 0 Å². The van der Waals surface area contributed by atoms with Crippen LogP contribution < -0.4 is 5.32 Å². The molecule has 2 heteroatoms. The van der Waals surface area contributed by atoms with Crippen LogP contribution in [-0.2, 0) is 4.74 Å². The molecule has 3 unspecified atom stereocenters. The maximum atomic E-state index is 5.16. The Hall–Kier alpha value is -0.0800. The van der Waals surface area contributed by atoms with E-state index in [2.05, 4.69) is 26.1 Å². The first kappa shape index (κ1) is 13.0. The van der Waals surface area contributed by atoms with Gasteiger partial charge < -0.3 is 10.1 Å². The highest BCUT2D eigenvalue weighted by atomic mass is 16.5. The molecular formula is C13H27NO. The molecular weight excluding hydrogens is 186 g/mol. The van der Waals surface area contributed by atoms with Gasteiger partial charge in [0.15, 0.2) is 0 Å². The summed E-state index contributed by atoms with van der Waals surface area (Å²) < 4.78 is 5.16. The largest absolute Gasteiger partial charge is 0.385 e. The third-order valence-corrected chi connectivity index (χ3v) is 3.45. The number of hydrogen-bond donors (Lipinski definition) is 1. The Bertz CT molecular complexity index is 170. The highest BCUT2D eigenvalue weighted by molar-refractivity contribution is 4.95. The highest BCUT2D eigenvalue weighted by Crippen LogP contribution is 2.35. The SMILES string of the molecule is CCCC1CC1NC(CCOC)C(C)C. The van der Waals surface area contributed by atoms with Gasteiger partial charge in [-0.05, 0) is 31.1 Å². The Labute approximate surface area is 94.8 Å². The van der Waals surface area contributed by atoms with Crippen LogP contribution in [0, 0.1) is 11.8 Å². The predicted molar refractivity (Wildman–Crippen MR) is 65.1 cm³/mol. The van der Waals surface area contributed by atoms with Crippen LogP contribution in [0.3, 0.4) is 0 Å². The first-order valence-electron chi connectivity index (χ1n) is 6.44. The molecule has 0 aromatic heterocycles. The van der Waals surface area contributed by atoms with E-state index >= 15 is 0 Å². The molecule has 1 N–H and O–H groups in total. The van der Waals surface area contributed by atoms with Crippen molar-refractivity contribution in [2.75, 3.05) is 13.7 Å². The van der Waals surface area contributed by atoms with Crippen molar-refractivity contribution in [3.63, 3.8) is 0 Å². The first-order valence-corrected chi connectivity index (χ1v) is 6.44. The maximum absolute atomic E-state index is 5.16. The van der Waals surface area contributed by atoms with Crippen LogP contribution in [0.1, 0.15) is 46.5 Å². The minimum atomic E-state index is 0.636. The molecule has 15 heavy (non-hydrogen) atoms. The van der Waals surface area contributed by atoms with Gasteiger partial charge in [-0.2, -0.15) is 0 Å². The predicted octanol–water partition coefficient (Wildman–Crippen LogP) is 2.83. The lowest BCUT2D eigenvalue weighted by Crippen LogP contribution is -2.37. The summed E-state index contributed by atoms with van der Waals surface area (Å²) in [4.78, 5) is 0. The van der Waals surface area contributed by atoms with Gasteiger partial charge in [-0.15, -0.1) is 0 Å². The Morgan fingerprint density at radius 2 is 2.13 bits per heavy atom. The summed E-state index contributed by atoms with van der Waals surface area (Å²) in [6.45, 7) is 7.75. The van der Waals surface area contributed by atoms with Crippen molar-refractivity contribution in [2.24, 2.45) is 11.8 Å². The summed E-state index contributed by atoms with van der Waals surface area (Å²) in [6, 6.07) is 1.44. The number of ether oxygens (including phenoxy) is 1. The van der Waals surface area contributed by atoms with Crippen molar-refractivity contribution in [1.82, 2.24) is 5.32 Å². The van der Waals surface area contributed by atoms with Crippen LogP contribution in [0.25, 0.3) is 0 Å². The van der Waals surface area contributed by atoms with E-state index in [1.54, 1.807) is 7.11 Å². The van der Waals surface area contributed by atoms with Crippen LogP contribution in [-0.4, -0.2) is 25.8 Å². The van der Waals surface area contributed by atoms with E-state index in [9.17, 15) is 0 Å². The van der Waals surface area contributed by atoms with Crippen molar-refractivity contribution in [3.8, 4) is 0 Å². The zero-order valence-corrected chi connectivity index (χ0v) is 10.8. The van der Waals surface area contributed by atoms with Gasteiger partial charge in [0.05, 0.1) is 0 Å². The van der Waals surface area contributed by atoms with Gasteiger partial charge in [-0.3, -0.25) is 0 Å². The average Bonchev–Trinajstić information content (AvgIpc) is 2.91. The summed E-state index contributed by atoms with van der Waals surface area (Å²) in [5.41, 5.74) is 0. The molecule has 1 fully saturated rings. The second kappa shape index (κ2) is 6.49. The van der Waals surface area contributed by atoms with Crippen LogP contribution in [0.4, 0.5) is 0 Å². The van der Waals surface area contributed by atoms with Crippen molar-refractivity contribution < 1.29 is 4.74 Å². The molecule has 1 saturated carbocycles. The monoisotopic (exact) mass is 213 g/mol. The summed E-state index contributed by atoms with van der Waals surface area (Å²) in [5, 5.41) is 3.78. The number of hydrogen-bond acceptors (Lipinski definition) is 2. The summed E-state index contributed by atoms with van der Waals surface area (Å²) >= 11 is 0. The molecule has 0 aliphatic heterocycles. The smallest absolute Gasteiger partial charge is 0.0477 e. The fourth-order valence-corrected chi connectivity index (χ4v) is 2.27. The summed E-state index contributed by atoms with van der Waals surface area (Å²) in [5.74, 6) is 1.67. The molecule has 1 rings (SSSR count). The molecule has 0 amide bonds. The molecule has 0 aromatic carbocycles. The fraction of sp³-hybridized carbons (Fsp3) is 1.00. The van der Waals surface area contributed by atoms with Crippen molar-refractivity contribution >= 4 is 0 Å². The average molecular weight is 213 g/mol. The topological polar surface area (TPSA) is 21.3 Å². The Morgan fingerprint density at radius 1 is 1.40 bits per heavy atom. The number of nitrogens with one attached hydrogen (secondary N) is 1. The van der Waals surface area contributed by atoms with E-state index in [0.717, 1.165) is 25.0 Å². The zero-order chi connectivity index (χ0) is 11.3.